The molecular weight excluding hydrogens is 733 g/mol. The molecule has 0 amide bonds. The first-order valence-corrected chi connectivity index (χ1v) is 24.0. The van der Waals surface area contributed by atoms with Crippen molar-refractivity contribution in [2.75, 3.05) is 24.7 Å². The Balaban J connectivity index is 1.12. The molecule has 57 heavy (non-hydrogen) atoms. The molecule has 8 rings (SSSR count). The molecular formula is C46H66N4O6Si. The van der Waals surface area contributed by atoms with Gasteiger partial charge >= 0.3 is 11.9 Å². The van der Waals surface area contributed by atoms with Crippen molar-refractivity contribution < 1.29 is 28.6 Å². The van der Waals surface area contributed by atoms with E-state index in [2.05, 4.69) is 59.3 Å². The molecule has 2 atom stereocenters. The van der Waals surface area contributed by atoms with Crippen LogP contribution in [0.15, 0.2) is 36.5 Å². The third kappa shape index (κ3) is 8.35. The molecule has 1 aromatic carbocycles. The lowest BCUT2D eigenvalue weighted by Gasteiger charge is -2.69. The number of aryl methyl sites for hydroxylation is 1. The van der Waals surface area contributed by atoms with Crippen LogP contribution in [-0.2, 0) is 33.4 Å². The zero-order valence-electron chi connectivity index (χ0n) is 36.4. The number of hydrogen-bond acceptors (Lipinski definition) is 8. The Hall–Kier alpha value is -3.54. The van der Waals surface area contributed by atoms with E-state index in [1.54, 1.807) is 12.1 Å². The molecule has 0 saturated heterocycles. The fourth-order valence-corrected chi connectivity index (χ4v) is 12.6. The summed E-state index contributed by atoms with van der Waals surface area (Å²) in [5.41, 5.74) is 4.76. The van der Waals surface area contributed by atoms with Gasteiger partial charge in [-0.3, -0.25) is 4.68 Å². The standard InChI is InChI=1S/C46H66N4O6Si/c1-31-35(33-15-16-37(48-38(33)40(53)56-41(2,3)4)49-19-17-32-13-12-14-34(39(51)52)36(32)24-49)23-47-50(31)20-18-45-26-43(8)25-44(9,27-45)29-46(28-43,30-45)54-21-22-55-57(10,11)42(5,6)7/h12-16,23H,17-22,24-30H2,1-11H3,(H,51,52). The van der Waals surface area contributed by atoms with Crippen molar-refractivity contribution in [3.8, 4) is 11.1 Å². The van der Waals surface area contributed by atoms with Crippen LogP contribution in [0.3, 0.4) is 0 Å². The van der Waals surface area contributed by atoms with Crippen molar-refractivity contribution in [3.05, 3.63) is 64.6 Å². The molecule has 310 valence electrons. The molecule has 2 unspecified atom stereocenters. The van der Waals surface area contributed by atoms with Crippen molar-refractivity contribution in [1.82, 2.24) is 14.8 Å². The topological polar surface area (TPSA) is 116 Å². The normalized spacial score (nSPS) is 27.1. The summed E-state index contributed by atoms with van der Waals surface area (Å²) >= 11 is 0. The predicted molar refractivity (Wildman–Crippen MR) is 226 cm³/mol. The highest BCUT2D eigenvalue weighted by atomic mass is 28.4. The molecule has 4 saturated carbocycles. The fraction of sp³-hybridized carbons (Fsp3) is 0.652. The van der Waals surface area contributed by atoms with Gasteiger partial charge in [-0.05, 0) is 143 Å². The van der Waals surface area contributed by atoms with Crippen molar-refractivity contribution in [3.63, 3.8) is 0 Å². The summed E-state index contributed by atoms with van der Waals surface area (Å²) in [6.07, 6.45) is 10.6. The molecule has 5 aliphatic rings. The van der Waals surface area contributed by atoms with Crippen LogP contribution in [0.5, 0.6) is 0 Å². The molecule has 4 aliphatic carbocycles. The molecule has 10 nitrogen and oxygen atoms in total. The summed E-state index contributed by atoms with van der Waals surface area (Å²) in [7, 11) is -1.84. The SMILES string of the molecule is Cc1c(-c2ccc(N3CCc4cccc(C(=O)O)c4C3)nc2C(=O)OC(C)(C)C)cnn1CCC12CC3(C)CC(C)(C1)CC(OCCO[Si](C)(C)C(C)(C)C)(C3)C2. The zero-order valence-corrected chi connectivity index (χ0v) is 37.4. The number of ether oxygens (including phenoxy) is 2. The van der Waals surface area contributed by atoms with Gasteiger partial charge in [-0.2, -0.15) is 5.10 Å². The number of benzene rings is 1. The Morgan fingerprint density at radius 3 is 2.26 bits per heavy atom. The number of carbonyl (C=O) groups is 2. The van der Waals surface area contributed by atoms with E-state index in [1.165, 1.54) is 19.3 Å². The number of hydrogen-bond donors (Lipinski definition) is 1. The fourth-order valence-electron chi connectivity index (χ4n) is 11.6. The van der Waals surface area contributed by atoms with Gasteiger partial charge in [0.1, 0.15) is 11.4 Å². The minimum absolute atomic E-state index is 0.110. The monoisotopic (exact) mass is 798 g/mol. The third-order valence-electron chi connectivity index (χ3n) is 14.0. The number of fused-ring (bicyclic) bond motifs is 1. The Morgan fingerprint density at radius 2 is 1.61 bits per heavy atom. The van der Waals surface area contributed by atoms with Crippen LogP contribution in [0.25, 0.3) is 11.1 Å². The van der Waals surface area contributed by atoms with E-state index in [4.69, 9.17) is 24.0 Å². The Labute approximate surface area is 341 Å². The quantitative estimate of drug-likeness (QED) is 0.109. The van der Waals surface area contributed by atoms with Gasteiger partial charge in [-0.1, -0.05) is 46.8 Å². The van der Waals surface area contributed by atoms with Crippen LogP contribution in [0, 0.1) is 23.2 Å². The first-order chi connectivity index (χ1) is 26.4. The molecule has 4 bridgehead atoms. The number of rotatable bonds is 12. The van der Waals surface area contributed by atoms with E-state index in [-0.39, 0.29) is 32.6 Å². The first-order valence-electron chi connectivity index (χ1n) is 21.1. The van der Waals surface area contributed by atoms with Crippen molar-refractivity contribution in [2.24, 2.45) is 16.2 Å². The van der Waals surface area contributed by atoms with Crippen LogP contribution < -0.4 is 4.90 Å². The van der Waals surface area contributed by atoms with E-state index < -0.39 is 25.9 Å². The third-order valence-corrected chi connectivity index (χ3v) is 18.5. The lowest BCUT2D eigenvalue weighted by molar-refractivity contribution is -0.248. The number of aromatic carboxylic acids is 1. The molecule has 3 aromatic rings. The lowest BCUT2D eigenvalue weighted by atomic mass is 9.38. The summed E-state index contributed by atoms with van der Waals surface area (Å²) in [5, 5.41) is 15.0. The predicted octanol–water partition coefficient (Wildman–Crippen LogP) is 10.0. The van der Waals surface area contributed by atoms with Crippen LogP contribution in [-0.4, -0.2) is 71.1 Å². The summed E-state index contributed by atoms with van der Waals surface area (Å²) in [5.74, 6) is -0.826. The maximum absolute atomic E-state index is 13.9. The molecule has 0 spiro atoms. The minimum Gasteiger partial charge on any atom is -0.478 e. The van der Waals surface area contributed by atoms with E-state index in [0.717, 1.165) is 54.6 Å². The number of aromatic nitrogens is 3. The summed E-state index contributed by atoms with van der Waals surface area (Å²) in [6, 6.07) is 9.33. The first kappa shape index (κ1) is 41.6. The van der Waals surface area contributed by atoms with Gasteiger partial charge < -0.3 is 23.9 Å². The number of esters is 1. The van der Waals surface area contributed by atoms with Crippen molar-refractivity contribution >= 4 is 26.1 Å². The van der Waals surface area contributed by atoms with E-state index in [9.17, 15) is 14.7 Å². The highest BCUT2D eigenvalue weighted by Gasteiger charge is 2.65. The van der Waals surface area contributed by atoms with Gasteiger partial charge in [0.05, 0.1) is 30.6 Å². The second-order valence-corrected chi connectivity index (χ2v) is 26.2. The lowest BCUT2D eigenvalue weighted by Crippen LogP contribution is -2.63. The van der Waals surface area contributed by atoms with Gasteiger partial charge in [0.2, 0.25) is 0 Å². The van der Waals surface area contributed by atoms with Crippen LogP contribution >= 0.6 is 0 Å². The van der Waals surface area contributed by atoms with Gasteiger partial charge in [0, 0.05) is 36.5 Å². The van der Waals surface area contributed by atoms with E-state index in [0.29, 0.717) is 49.7 Å². The number of pyridine rings is 1. The molecule has 3 heterocycles. The largest absolute Gasteiger partial charge is 0.478 e. The molecule has 2 aromatic heterocycles. The van der Waals surface area contributed by atoms with Crippen molar-refractivity contribution in [1.29, 1.82) is 0 Å². The van der Waals surface area contributed by atoms with Crippen molar-refractivity contribution in [2.45, 2.75) is 156 Å². The van der Waals surface area contributed by atoms with E-state index >= 15 is 0 Å². The Kier molecular flexibility index (Phi) is 10.5. The molecule has 1 aliphatic heterocycles. The average molecular weight is 799 g/mol. The van der Waals surface area contributed by atoms with Crippen LogP contribution in [0.2, 0.25) is 18.1 Å². The average Bonchev–Trinajstić information content (AvgIpc) is 3.45. The van der Waals surface area contributed by atoms with Gasteiger partial charge in [-0.25, -0.2) is 14.6 Å². The highest BCUT2D eigenvalue weighted by molar-refractivity contribution is 6.74. The molecule has 0 radical (unpaired) electrons. The van der Waals surface area contributed by atoms with Gasteiger partial charge in [-0.15, -0.1) is 0 Å². The van der Waals surface area contributed by atoms with Gasteiger partial charge in [0.15, 0.2) is 14.0 Å². The maximum Gasteiger partial charge on any atom is 0.358 e. The highest BCUT2D eigenvalue weighted by Crippen LogP contribution is 2.72. The second kappa shape index (κ2) is 14.3. The number of anilines is 1. The molecule has 4 fully saturated rings. The number of nitrogens with zero attached hydrogens (tertiary/aromatic N) is 4. The van der Waals surface area contributed by atoms with Gasteiger partial charge in [0.25, 0.3) is 0 Å². The Bertz CT molecular complexity index is 2020. The minimum atomic E-state index is -1.84. The van der Waals surface area contributed by atoms with Crippen LogP contribution in [0.1, 0.15) is 138 Å². The van der Waals surface area contributed by atoms with Crippen LogP contribution in [0.4, 0.5) is 5.82 Å². The van der Waals surface area contributed by atoms with E-state index in [1.807, 2.05) is 50.1 Å². The number of carbonyl (C=O) groups excluding carboxylic acids is 1. The summed E-state index contributed by atoms with van der Waals surface area (Å²) in [4.78, 5) is 33.0. The molecule has 11 heteroatoms. The zero-order chi connectivity index (χ0) is 41.4. The Morgan fingerprint density at radius 1 is 0.912 bits per heavy atom. The molecule has 1 N–H and O–H groups in total. The maximum atomic E-state index is 13.9. The number of carboxylic acid groups (broad SMARTS) is 1. The smallest absolute Gasteiger partial charge is 0.358 e. The summed E-state index contributed by atoms with van der Waals surface area (Å²) < 4.78 is 21.6. The number of carboxylic acids is 1. The summed E-state index contributed by atoms with van der Waals surface area (Å²) in [6.45, 7) is 27.3. The second-order valence-electron chi connectivity index (χ2n) is 21.4.